The summed E-state index contributed by atoms with van der Waals surface area (Å²) in [6, 6.07) is 14.2. The number of hydrogen-bond donors (Lipinski definition) is 1. The van der Waals surface area contributed by atoms with Gasteiger partial charge in [0.15, 0.2) is 11.5 Å². The molecule has 0 aliphatic carbocycles. The number of fused-ring (bicyclic) bond motifs is 1. The molecule has 1 amide bonds. The fourth-order valence-electron chi connectivity index (χ4n) is 2.90. The third-order valence-electron chi connectivity index (χ3n) is 4.28. The summed E-state index contributed by atoms with van der Waals surface area (Å²) < 4.78 is 12.7. The van der Waals surface area contributed by atoms with Gasteiger partial charge in [-0.2, -0.15) is 0 Å². The number of ether oxygens (including phenoxy) is 2. The smallest absolute Gasteiger partial charge is 0.257 e. The Morgan fingerprint density at radius 3 is 2.52 bits per heavy atom. The standard InChI is InChI=1S/C21H22N2O4/c1-14(13-27-19-11-7-6-10-18(19)26-3)22-21(25)16-12-23(2)17-9-5-4-8-15(17)20(16)24/h4-12,14H,13H2,1-3H3,(H,22,25). The molecule has 1 aromatic heterocycles. The maximum Gasteiger partial charge on any atom is 0.257 e. The molecule has 27 heavy (non-hydrogen) atoms. The van der Waals surface area contributed by atoms with Crippen LogP contribution in [0, 0.1) is 0 Å². The van der Waals surface area contributed by atoms with Gasteiger partial charge in [0, 0.05) is 18.6 Å². The average molecular weight is 366 g/mol. The molecular weight excluding hydrogens is 344 g/mol. The van der Waals surface area contributed by atoms with Gasteiger partial charge in [0.25, 0.3) is 5.91 Å². The van der Waals surface area contributed by atoms with E-state index in [-0.39, 0.29) is 23.6 Å². The summed E-state index contributed by atoms with van der Waals surface area (Å²) in [6.45, 7) is 2.07. The molecule has 6 heteroatoms. The van der Waals surface area contributed by atoms with Gasteiger partial charge < -0.3 is 19.4 Å². The first-order valence-electron chi connectivity index (χ1n) is 8.66. The zero-order valence-corrected chi connectivity index (χ0v) is 15.6. The number of hydrogen-bond acceptors (Lipinski definition) is 4. The van der Waals surface area contributed by atoms with E-state index in [1.165, 1.54) is 0 Å². The maximum atomic E-state index is 12.6. The molecule has 0 fully saturated rings. The molecule has 1 N–H and O–H groups in total. The van der Waals surface area contributed by atoms with E-state index in [9.17, 15) is 9.59 Å². The molecule has 2 aromatic carbocycles. The number of para-hydroxylation sites is 3. The summed E-state index contributed by atoms with van der Waals surface area (Å²) in [7, 11) is 3.38. The minimum Gasteiger partial charge on any atom is -0.493 e. The molecule has 1 atom stereocenters. The molecular formula is C21H22N2O4. The van der Waals surface area contributed by atoms with Crippen LogP contribution in [-0.2, 0) is 7.05 Å². The first kappa shape index (κ1) is 18.5. The van der Waals surface area contributed by atoms with Crippen LogP contribution in [0.4, 0.5) is 0 Å². The maximum absolute atomic E-state index is 12.6. The molecule has 0 aliphatic heterocycles. The van der Waals surface area contributed by atoms with Gasteiger partial charge in [0.05, 0.1) is 18.7 Å². The molecule has 0 bridgehead atoms. The Bertz CT molecular complexity index is 1030. The lowest BCUT2D eigenvalue weighted by atomic mass is 10.1. The number of carbonyl (C=O) groups is 1. The van der Waals surface area contributed by atoms with Crippen LogP contribution in [0.15, 0.2) is 59.5 Å². The predicted molar refractivity (Wildman–Crippen MR) is 105 cm³/mol. The fraction of sp³-hybridized carbons (Fsp3) is 0.238. The minimum absolute atomic E-state index is 0.111. The normalized spacial score (nSPS) is 11.8. The second-order valence-electron chi connectivity index (χ2n) is 6.34. The van der Waals surface area contributed by atoms with Crippen molar-refractivity contribution >= 4 is 16.8 Å². The van der Waals surface area contributed by atoms with Crippen molar-refractivity contribution in [2.75, 3.05) is 13.7 Å². The second-order valence-corrected chi connectivity index (χ2v) is 6.34. The Hall–Kier alpha value is -3.28. The van der Waals surface area contributed by atoms with E-state index in [0.29, 0.717) is 16.9 Å². The van der Waals surface area contributed by atoms with E-state index < -0.39 is 5.91 Å². The topological polar surface area (TPSA) is 69.6 Å². The average Bonchev–Trinajstić information content (AvgIpc) is 2.69. The van der Waals surface area contributed by atoms with Gasteiger partial charge in [0.1, 0.15) is 12.2 Å². The van der Waals surface area contributed by atoms with Crippen molar-refractivity contribution < 1.29 is 14.3 Å². The van der Waals surface area contributed by atoms with Crippen molar-refractivity contribution in [1.29, 1.82) is 0 Å². The van der Waals surface area contributed by atoms with E-state index in [0.717, 1.165) is 5.52 Å². The van der Waals surface area contributed by atoms with Crippen molar-refractivity contribution in [2.45, 2.75) is 13.0 Å². The number of nitrogens with zero attached hydrogens (tertiary/aromatic N) is 1. The number of rotatable bonds is 6. The van der Waals surface area contributed by atoms with Crippen LogP contribution in [0.3, 0.4) is 0 Å². The van der Waals surface area contributed by atoms with E-state index >= 15 is 0 Å². The number of amides is 1. The third kappa shape index (κ3) is 3.95. The highest BCUT2D eigenvalue weighted by Crippen LogP contribution is 2.25. The Morgan fingerprint density at radius 2 is 1.78 bits per heavy atom. The summed E-state index contributed by atoms with van der Waals surface area (Å²) in [4.78, 5) is 25.2. The number of pyridine rings is 1. The van der Waals surface area contributed by atoms with Crippen LogP contribution < -0.4 is 20.2 Å². The summed E-state index contributed by atoms with van der Waals surface area (Å²) in [5, 5.41) is 3.34. The molecule has 0 spiro atoms. The lowest BCUT2D eigenvalue weighted by Gasteiger charge is -2.17. The van der Waals surface area contributed by atoms with Crippen LogP contribution in [0.5, 0.6) is 11.5 Å². The minimum atomic E-state index is -0.419. The summed E-state index contributed by atoms with van der Waals surface area (Å²) in [6.07, 6.45) is 1.56. The molecule has 1 unspecified atom stereocenters. The number of methoxy groups -OCH3 is 1. The Morgan fingerprint density at radius 1 is 1.11 bits per heavy atom. The molecule has 3 rings (SSSR count). The van der Waals surface area contributed by atoms with Crippen LogP contribution in [0.1, 0.15) is 17.3 Å². The number of aromatic nitrogens is 1. The lowest BCUT2D eigenvalue weighted by Crippen LogP contribution is -2.39. The molecule has 3 aromatic rings. The third-order valence-corrected chi connectivity index (χ3v) is 4.28. The highest BCUT2D eigenvalue weighted by molar-refractivity contribution is 5.97. The van der Waals surface area contributed by atoms with E-state index in [4.69, 9.17) is 9.47 Å². The van der Waals surface area contributed by atoms with Crippen LogP contribution >= 0.6 is 0 Å². The molecule has 1 heterocycles. The highest BCUT2D eigenvalue weighted by Gasteiger charge is 2.17. The number of nitrogens with one attached hydrogen (secondary N) is 1. The Kier molecular flexibility index (Phi) is 5.45. The Balaban J connectivity index is 1.73. The van der Waals surface area contributed by atoms with Crippen molar-refractivity contribution in [3.05, 3.63) is 70.5 Å². The first-order valence-corrected chi connectivity index (χ1v) is 8.66. The van der Waals surface area contributed by atoms with Gasteiger partial charge in [-0.25, -0.2) is 0 Å². The molecule has 6 nitrogen and oxygen atoms in total. The molecule has 140 valence electrons. The SMILES string of the molecule is COc1ccccc1OCC(C)NC(=O)c1cn(C)c2ccccc2c1=O. The van der Waals surface area contributed by atoms with Crippen molar-refractivity contribution in [3.63, 3.8) is 0 Å². The number of carbonyl (C=O) groups excluding carboxylic acids is 1. The monoisotopic (exact) mass is 366 g/mol. The largest absolute Gasteiger partial charge is 0.493 e. The van der Waals surface area contributed by atoms with Gasteiger partial charge in [-0.1, -0.05) is 24.3 Å². The quantitative estimate of drug-likeness (QED) is 0.728. The van der Waals surface area contributed by atoms with Gasteiger partial charge in [-0.15, -0.1) is 0 Å². The van der Waals surface area contributed by atoms with Gasteiger partial charge >= 0.3 is 0 Å². The first-order chi connectivity index (χ1) is 13.0. The van der Waals surface area contributed by atoms with Crippen molar-refractivity contribution in [3.8, 4) is 11.5 Å². The summed E-state index contributed by atoms with van der Waals surface area (Å²) >= 11 is 0. The van der Waals surface area contributed by atoms with E-state index in [2.05, 4.69) is 5.32 Å². The number of benzene rings is 2. The molecule has 0 saturated carbocycles. The van der Waals surface area contributed by atoms with Gasteiger partial charge in [-0.3, -0.25) is 9.59 Å². The van der Waals surface area contributed by atoms with E-state index in [1.54, 1.807) is 42.1 Å². The van der Waals surface area contributed by atoms with Gasteiger partial charge in [-0.05, 0) is 31.2 Å². The Labute approximate surface area is 157 Å². The van der Waals surface area contributed by atoms with Crippen LogP contribution in [0.2, 0.25) is 0 Å². The summed E-state index contributed by atoms with van der Waals surface area (Å²) in [5.41, 5.74) is 0.617. The predicted octanol–water partition coefficient (Wildman–Crippen LogP) is 2.74. The van der Waals surface area contributed by atoms with Crippen LogP contribution in [0.25, 0.3) is 10.9 Å². The van der Waals surface area contributed by atoms with Crippen molar-refractivity contribution in [2.24, 2.45) is 7.05 Å². The van der Waals surface area contributed by atoms with E-state index in [1.807, 2.05) is 38.2 Å². The lowest BCUT2D eigenvalue weighted by molar-refractivity contribution is 0.0924. The van der Waals surface area contributed by atoms with Gasteiger partial charge in [0.2, 0.25) is 5.43 Å². The molecule has 0 radical (unpaired) electrons. The second kappa shape index (κ2) is 7.95. The summed E-state index contributed by atoms with van der Waals surface area (Å²) in [5.74, 6) is 0.805. The van der Waals surface area contributed by atoms with Crippen LogP contribution in [-0.4, -0.2) is 30.2 Å². The van der Waals surface area contributed by atoms with Crippen molar-refractivity contribution in [1.82, 2.24) is 9.88 Å². The fourth-order valence-corrected chi connectivity index (χ4v) is 2.90. The zero-order chi connectivity index (χ0) is 19.4. The zero-order valence-electron chi connectivity index (χ0n) is 15.6. The molecule has 0 saturated heterocycles. The number of aryl methyl sites for hydroxylation is 1. The highest BCUT2D eigenvalue weighted by atomic mass is 16.5. The molecule has 0 aliphatic rings.